The number of rotatable bonds is 3. The smallest absolute Gasteiger partial charge is 0.227 e. The van der Waals surface area contributed by atoms with Gasteiger partial charge < -0.3 is 9.80 Å². The minimum Gasteiger partial charge on any atom is -0.371 e. The summed E-state index contributed by atoms with van der Waals surface area (Å²) in [5.74, 6) is 0.360. The van der Waals surface area contributed by atoms with Crippen molar-refractivity contribution in [3.8, 4) is 0 Å². The lowest BCUT2D eigenvalue weighted by Crippen LogP contribution is -2.46. The van der Waals surface area contributed by atoms with Gasteiger partial charge in [-0.25, -0.2) is 8.42 Å². The van der Waals surface area contributed by atoms with Crippen LogP contribution in [0.5, 0.6) is 0 Å². The molecule has 6 heteroatoms. The van der Waals surface area contributed by atoms with Crippen molar-refractivity contribution in [2.75, 3.05) is 37.3 Å². The number of hydrogen-bond acceptors (Lipinski definition) is 4. The first kappa shape index (κ1) is 17.3. The lowest BCUT2D eigenvalue weighted by atomic mass is 9.95. The molecule has 0 aromatic heterocycles. The maximum atomic E-state index is 12.7. The Morgan fingerprint density at radius 1 is 1.00 bits per heavy atom. The highest BCUT2D eigenvalue weighted by atomic mass is 32.2. The van der Waals surface area contributed by atoms with E-state index in [9.17, 15) is 13.2 Å². The third kappa shape index (κ3) is 3.91. The number of piperidine rings is 2. The third-order valence-corrected chi connectivity index (χ3v) is 6.20. The van der Waals surface area contributed by atoms with Crippen molar-refractivity contribution in [1.29, 1.82) is 0 Å². The van der Waals surface area contributed by atoms with Gasteiger partial charge in [0.2, 0.25) is 5.91 Å². The number of nitrogens with zero attached hydrogens (tertiary/aromatic N) is 2. The molecule has 3 rings (SSSR count). The normalized spacial score (nSPS) is 22.5. The first-order valence-corrected chi connectivity index (χ1v) is 10.7. The van der Waals surface area contributed by atoms with Gasteiger partial charge in [0.1, 0.15) is 0 Å². The summed E-state index contributed by atoms with van der Waals surface area (Å²) in [6.07, 6.45) is 6.64. The van der Waals surface area contributed by atoms with Crippen LogP contribution < -0.4 is 4.90 Å². The van der Waals surface area contributed by atoms with E-state index in [2.05, 4.69) is 4.90 Å². The van der Waals surface area contributed by atoms with Crippen LogP contribution in [0.15, 0.2) is 29.2 Å². The standard InChI is InChI=1S/C18H26N2O3S/c1-24(22,23)17-9-7-16(8-10-17)20-13-5-6-15(14-20)18(21)19-11-3-2-4-12-19/h7-10,15H,2-6,11-14H2,1H3. The molecular weight excluding hydrogens is 324 g/mol. The first-order valence-electron chi connectivity index (χ1n) is 8.79. The fourth-order valence-corrected chi connectivity index (χ4v) is 4.32. The van der Waals surface area contributed by atoms with Gasteiger partial charge in [0, 0.05) is 38.1 Å². The number of benzene rings is 1. The predicted molar refractivity (Wildman–Crippen MR) is 94.9 cm³/mol. The Bertz CT molecular complexity index is 679. The lowest BCUT2D eigenvalue weighted by molar-refractivity contribution is -0.136. The van der Waals surface area contributed by atoms with Gasteiger partial charge in [-0.3, -0.25) is 4.79 Å². The Hall–Kier alpha value is -1.56. The molecule has 5 nitrogen and oxygen atoms in total. The molecule has 0 spiro atoms. The molecule has 2 heterocycles. The van der Waals surface area contributed by atoms with E-state index < -0.39 is 9.84 Å². The maximum Gasteiger partial charge on any atom is 0.227 e. The van der Waals surface area contributed by atoms with Crippen LogP contribution in [0.4, 0.5) is 5.69 Å². The van der Waals surface area contributed by atoms with E-state index in [1.807, 2.05) is 17.0 Å². The van der Waals surface area contributed by atoms with Gasteiger partial charge in [-0.15, -0.1) is 0 Å². The highest BCUT2D eigenvalue weighted by Crippen LogP contribution is 2.26. The molecule has 0 radical (unpaired) electrons. The van der Waals surface area contributed by atoms with Crippen molar-refractivity contribution in [2.24, 2.45) is 5.92 Å². The van der Waals surface area contributed by atoms with Crippen LogP contribution in [0.2, 0.25) is 0 Å². The van der Waals surface area contributed by atoms with E-state index in [0.29, 0.717) is 10.8 Å². The summed E-state index contributed by atoms with van der Waals surface area (Å²) in [4.78, 5) is 17.3. The molecule has 0 bridgehead atoms. The van der Waals surface area contributed by atoms with Crippen LogP contribution in [-0.4, -0.2) is 51.7 Å². The van der Waals surface area contributed by atoms with Crippen molar-refractivity contribution in [1.82, 2.24) is 4.90 Å². The number of likely N-dealkylation sites (tertiary alicyclic amines) is 1. The molecule has 1 amide bonds. The molecule has 2 aliphatic rings. The Kier molecular flexibility index (Phi) is 5.13. The summed E-state index contributed by atoms with van der Waals surface area (Å²) in [7, 11) is -3.17. The Morgan fingerprint density at radius 3 is 2.29 bits per heavy atom. The number of amides is 1. The summed E-state index contributed by atoms with van der Waals surface area (Å²) in [5.41, 5.74) is 0.999. The van der Waals surface area contributed by atoms with Crippen molar-refractivity contribution < 1.29 is 13.2 Å². The predicted octanol–water partition coefficient (Wildman–Crippen LogP) is 2.32. The molecule has 2 fully saturated rings. The fraction of sp³-hybridized carbons (Fsp3) is 0.611. The quantitative estimate of drug-likeness (QED) is 0.839. The zero-order valence-electron chi connectivity index (χ0n) is 14.3. The van der Waals surface area contributed by atoms with Crippen LogP contribution in [0, 0.1) is 5.92 Å². The van der Waals surface area contributed by atoms with Crippen molar-refractivity contribution in [3.05, 3.63) is 24.3 Å². The topological polar surface area (TPSA) is 57.7 Å². The van der Waals surface area contributed by atoms with E-state index in [0.717, 1.165) is 57.5 Å². The number of carbonyl (C=O) groups excluding carboxylic acids is 1. The lowest BCUT2D eigenvalue weighted by Gasteiger charge is -2.37. The molecule has 0 N–H and O–H groups in total. The van der Waals surface area contributed by atoms with Crippen LogP contribution in [-0.2, 0) is 14.6 Å². The zero-order chi connectivity index (χ0) is 17.2. The molecule has 1 aromatic rings. The molecule has 132 valence electrons. The van der Waals surface area contributed by atoms with Crippen molar-refractivity contribution in [2.45, 2.75) is 37.0 Å². The summed E-state index contributed by atoms with van der Waals surface area (Å²) < 4.78 is 23.1. The van der Waals surface area contributed by atoms with E-state index in [1.54, 1.807) is 12.1 Å². The second-order valence-electron chi connectivity index (χ2n) is 6.94. The van der Waals surface area contributed by atoms with Crippen LogP contribution >= 0.6 is 0 Å². The maximum absolute atomic E-state index is 12.7. The minimum atomic E-state index is -3.17. The minimum absolute atomic E-state index is 0.0615. The fourth-order valence-electron chi connectivity index (χ4n) is 3.69. The van der Waals surface area contributed by atoms with Crippen molar-refractivity contribution in [3.63, 3.8) is 0 Å². The van der Waals surface area contributed by atoms with Gasteiger partial charge in [0.25, 0.3) is 0 Å². The summed E-state index contributed by atoms with van der Waals surface area (Å²) >= 11 is 0. The van der Waals surface area contributed by atoms with E-state index >= 15 is 0 Å². The molecule has 24 heavy (non-hydrogen) atoms. The van der Waals surface area contributed by atoms with Gasteiger partial charge in [-0.1, -0.05) is 0 Å². The second-order valence-corrected chi connectivity index (χ2v) is 8.95. The van der Waals surface area contributed by atoms with Crippen molar-refractivity contribution >= 4 is 21.4 Å². The second kappa shape index (κ2) is 7.13. The average molecular weight is 350 g/mol. The van der Waals surface area contributed by atoms with E-state index in [4.69, 9.17) is 0 Å². The monoisotopic (exact) mass is 350 g/mol. The molecule has 0 aliphatic carbocycles. The molecule has 1 aromatic carbocycles. The third-order valence-electron chi connectivity index (χ3n) is 5.07. The van der Waals surface area contributed by atoms with E-state index in [1.165, 1.54) is 12.7 Å². The molecule has 1 unspecified atom stereocenters. The van der Waals surface area contributed by atoms with Gasteiger partial charge in [0.05, 0.1) is 10.8 Å². The molecular formula is C18H26N2O3S. The Balaban J connectivity index is 1.67. The van der Waals surface area contributed by atoms with Crippen LogP contribution in [0.1, 0.15) is 32.1 Å². The number of hydrogen-bond donors (Lipinski definition) is 0. The molecule has 2 saturated heterocycles. The molecule has 1 atom stereocenters. The SMILES string of the molecule is CS(=O)(=O)c1ccc(N2CCCC(C(=O)N3CCCCC3)C2)cc1. The highest BCUT2D eigenvalue weighted by Gasteiger charge is 2.30. The zero-order valence-corrected chi connectivity index (χ0v) is 15.1. The summed E-state index contributed by atoms with van der Waals surface area (Å²) in [6.45, 7) is 3.45. The summed E-state index contributed by atoms with van der Waals surface area (Å²) in [6, 6.07) is 7.01. The van der Waals surface area contributed by atoms with Crippen LogP contribution in [0.25, 0.3) is 0 Å². The van der Waals surface area contributed by atoms with Gasteiger partial charge in [-0.05, 0) is 56.4 Å². The number of sulfone groups is 1. The number of carbonyl (C=O) groups is 1. The van der Waals surface area contributed by atoms with Gasteiger partial charge in [0.15, 0.2) is 9.84 Å². The average Bonchev–Trinajstić information content (AvgIpc) is 2.61. The Labute approximate surface area is 144 Å². The number of anilines is 1. The van der Waals surface area contributed by atoms with Gasteiger partial charge >= 0.3 is 0 Å². The molecule has 0 saturated carbocycles. The summed E-state index contributed by atoms with van der Waals surface area (Å²) in [5, 5.41) is 0. The Morgan fingerprint density at radius 2 is 1.67 bits per heavy atom. The van der Waals surface area contributed by atoms with Crippen LogP contribution in [0.3, 0.4) is 0 Å². The highest BCUT2D eigenvalue weighted by molar-refractivity contribution is 7.90. The largest absolute Gasteiger partial charge is 0.371 e. The molecule has 2 aliphatic heterocycles. The van der Waals surface area contributed by atoms with E-state index in [-0.39, 0.29) is 5.92 Å². The first-order chi connectivity index (χ1) is 11.4. The van der Waals surface area contributed by atoms with Gasteiger partial charge in [-0.2, -0.15) is 0 Å².